The number of hydrogen-bond donors (Lipinski definition) is 0. The molecule has 0 aliphatic heterocycles. The van der Waals surface area contributed by atoms with Gasteiger partial charge in [-0.1, -0.05) is 0 Å². The monoisotopic (exact) mass is 230 g/mol. The minimum atomic E-state index is -3.88. The minimum Gasteiger partial charge on any atom is -0.248 e. The van der Waals surface area contributed by atoms with Crippen LogP contribution in [0.1, 0.15) is 25.7 Å². The van der Waals surface area contributed by atoms with Gasteiger partial charge in [-0.25, -0.2) is 8.37 Å². The lowest BCUT2D eigenvalue weighted by molar-refractivity contribution is 0.212. The molecule has 0 atom stereocenters. The van der Waals surface area contributed by atoms with Gasteiger partial charge in [0.15, 0.2) is 0 Å². The van der Waals surface area contributed by atoms with Crippen molar-refractivity contribution in [3.63, 3.8) is 0 Å². The molecule has 0 aromatic rings. The number of unbranched alkanes of at least 4 members (excludes halogenated alkanes) is 2. The molecule has 5 heteroatoms. The van der Waals surface area contributed by atoms with E-state index in [0.29, 0.717) is 25.7 Å². The molecule has 0 unspecified atom stereocenters. The summed E-state index contributed by atoms with van der Waals surface area (Å²) < 4.78 is 31.0. The second kappa shape index (κ2) is 8.31. The summed E-state index contributed by atoms with van der Waals surface area (Å²) in [6.45, 7) is 0.0867. The van der Waals surface area contributed by atoms with Crippen LogP contribution in [0.3, 0.4) is 0 Å². The van der Waals surface area contributed by atoms with E-state index in [1.165, 1.54) is 0 Å². The first-order valence-electron chi connectivity index (χ1n) is 4.53. The van der Waals surface area contributed by atoms with E-state index < -0.39 is 10.4 Å². The van der Waals surface area contributed by atoms with Gasteiger partial charge in [-0.2, -0.15) is 8.42 Å². The zero-order valence-corrected chi connectivity index (χ0v) is 9.26. The summed E-state index contributed by atoms with van der Waals surface area (Å²) in [6, 6.07) is 0. The van der Waals surface area contributed by atoms with Crippen molar-refractivity contribution in [1.29, 1.82) is 0 Å². The summed E-state index contributed by atoms with van der Waals surface area (Å²) in [5.74, 6) is 4.75. The van der Waals surface area contributed by atoms with E-state index in [1.54, 1.807) is 0 Å². The quantitative estimate of drug-likeness (QED) is 0.462. The maximum absolute atomic E-state index is 11.0. The molecule has 0 rings (SSSR count). The highest BCUT2D eigenvalue weighted by molar-refractivity contribution is 7.81. The predicted octanol–water partition coefficient (Wildman–Crippen LogP) is 1.09. The van der Waals surface area contributed by atoms with Crippen LogP contribution in [0, 0.1) is 24.7 Å². The Balaban J connectivity index is 3.61. The molecule has 4 nitrogen and oxygen atoms in total. The third kappa shape index (κ3) is 9.30. The van der Waals surface area contributed by atoms with Crippen LogP contribution in [0.25, 0.3) is 0 Å². The SMILES string of the molecule is C#CCCCOS(=O)(=O)OCCCC#C. The van der Waals surface area contributed by atoms with Crippen LogP contribution in [0.5, 0.6) is 0 Å². The summed E-state index contributed by atoms with van der Waals surface area (Å²) in [4.78, 5) is 0. The van der Waals surface area contributed by atoms with Gasteiger partial charge in [0.25, 0.3) is 0 Å². The van der Waals surface area contributed by atoms with Crippen LogP contribution in [-0.4, -0.2) is 21.6 Å². The Hall–Kier alpha value is -1.01. The summed E-state index contributed by atoms with van der Waals surface area (Å²) in [5, 5.41) is 0. The Bertz CT molecular complexity index is 303. The molecular formula is C10H14O4S. The first-order chi connectivity index (χ1) is 7.12. The van der Waals surface area contributed by atoms with E-state index in [2.05, 4.69) is 20.2 Å². The maximum Gasteiger partial charge on any atom is 0.399 e. The average Bonchev–Trinajstić information content (AvgIpc) is 2.20. The normalized spacial score (nSPS) is 10.5. The van der Waals surface area contributed by atoms with Crippen molar-refractivity contribution < 1.29 is 16.8 Å². The summed E-state index contributed by atoms with van der Waals surface area (Å²) in [5.41, 5.74) is 0. The Kier molecular flexibility index (Phi) is 7.75. The molecule has 0 heterocycles. The summed E-state index contributed by atoms with van der Waals surface area (Å²) in [7, 11) is -3.88. The van der Waals surface area contributed by atoms with E-state index in [9.17, 15) is 8.42 Å². The minimum absolute atomic E-state index is 0.0433. The van der Waals surface area contributed by atoms with Gasteiger partial charge < -0.3 is 0 Å². The fourth-order valence-electron chi connectivity index (χ4n) is 0.704. The van der Waals surface area contributed by atoms with Crippen LogP contribution in [0.15, 0.2) is 0 Å². The first kappa shape index (κ1) is 14.0. The van der Waals surface area contributed by atoms with E-state index in [0.717, 1.165) is 0 Å². The van der Waals surface area contributed by atoms with Gasteiger partial charge in [0.05, 0.1) is 13.2 Å². The molecule has 0 aliphatic rings. The Morgan fingerprint density at radius 2 is 1.33 bits per heavy atom. The van der Waals surface area contributed by atoms with Gasteiger partial charge in [-0.3, -0.25) is 0 Å². The third-order valence-corrected chi connectivity index (χ3v) is 2.30. The molecule has 0 saturated heterocycles. The van der Waals surface area contributed by atoms with Gasteiger partial charge in [0, 0.05) is 12.8 Å². The molecule has 0 amide bonds. The second-order valence-electron chi connectivity index (χ2n) is 2.67. The lowest BCUT2D eigenvalue weighted by Gasteiger charge is -2.03. The molecule has 0 spiro atoms. The molecule has 0 bridgehead atoms. The molecule has 0 aromatic heterocycles. The zero-order chi connectivity index (χ0) is 11.6. The van der Waals surface area contributed by atoms with E-state index in [-0.39, 0.29) is 13.2 Å². The lowest BCUT2D eigenvalue weighted by Crippen LogP contribution is -2.11. The van der Waals surface area contributed by atoms with Crippen molar-refractivity contribution in [1.82, 2.24) is 0 Å². The van der Waals surface area contributed by atoms with Crippen molar-refractivity contribution in [2.45, 2.75) is 25.7 Å². The van der Waals surface area contributed by atoms with Crippen LogP contribution in [0.2, 0.25) is 0 Å². The van der Waals surface area contributed by atoms with Gasteiger partial charge in [0.2, 0.25) is 0 Å². The number of hydrogen-bond acceptors (Lipinski definition) is 4. The smallest absolute Gasteiger partial charge is 0.248 e. The van der Waals surface area contributed by atoms with Crippen LogP contribution in [0.4, 0.5) is 0 Å². The first-order valence-corrected chi connectivity index (χ1v) is 5.86. The van der Waals surface area contributed by atoms with E-state index in [4.69, 9.17) is 12.8 Å². The molecule has 0 radical (unpaired) electrons. The Morgan fingerprint density at radius 3 is 1.67 bits per heavy atom. The molecule has 15 heavy (non-hydrogen) atoms. The molecular weight excluding hydrogens is 216 g/mol. The van der Waals surface area contributed by atoms with E-state index >= 15 is 0 Å². The van der Waals surface area contributed by atoms with Crippen molar-refractivity contribution in [3.8, 4) is 24.7 Å². The van der Waals surface area contributed by atoms with Gasteiger partial charge in [-0.15, -0.1) is 24.7 Å². The Labute approximate surface area is 91.3 Å². The van der Waals surface area contributed by atoms with Crippen molar-refractivity contribution in [2.75, 3.05) is 13.2 Å². The topological polar surface area (TPSA) is 52.6 Å². The molecule has 0 saturated carbocycles. The molecule has 0 aromatic carbocycles. The van der Waals surface area contributed by atoms with Crippen molar-refractivity contribution in [2.24, 2.45) is 0 Å². The van der Waals surface area contributed by atoms with Gasteiger partial charge in [0.1, 0.15) is 0 Å². The average molecular weight is 230 g/mol. The fraction of sp³-hybridized carbons (Fsp3) is 0.600. The second-order valence-corrected chi connectivity index (χ2v) is 3.96. The van der Waals surface area contributed by atoms with Crippen LogP contribution >= 0.6 is 0 Å². The highest BCUT2D eigenvalue weighted by atomic mass is 32.3. The molecule has 0 N–H and O–H groups in total. The summed E-state index contributed by atoms with van der Waals surface area (Å²) >= 11 is 0. The predicted molar refractivity (Wildman–Crippen MR) is 57.0 cm³/mol. The van der Waals surface area contributed by atoms with Crippen molar-refractivity contribution in [3.05, 3.63) is 0 Å². The molecule has 84 valence electrons. The number of terminal acetylenes is 2. The van der Waals surface area contributed by atoms with Crippen LogP contribution < -0.4 is 0 Å². The third-order valence-electron chi connectivity index (χ3n) is 1.39. The zero-order valence-electron chi connectivity index (χ0n) is 8.44. The van der Waals surface area contributed by atoms with E-state index in [1.807, 2.05) is 0 Å². The molecule has 0 fully saturated rings. The molecule has 0 aliphatic carbocycles. The van der Waals surface area contributed by atoms with Gasteiger partial charge in [-0.05, 0) is 12.8 Å². The highest BCUT2D eigenvalue weighted by Gasteiger charge is 2.10. The largest absolute Gasteiger partial charge is 0.399 e. The van der Waals surface area contributed by atoms with Gasteiger partial charge >= 0.3 is 10.4 Å². The number of rotatable bonds is 8. The highest BCUT2D eigenvalue weighted by Crippen LogP contribution is 2.00. The van der Waals surface area contributed by atoms with Crippen molar-refractivity contribution >= 4 is 10.4 Å². The maximum atomic E-state index is 11.0. The summed E-state index contributed by atoms with van der Waals surface area (Å²) in [6.07, 6.45) is 11.9. The fourth-order valence-corrected chi connectivity index (χ4v) is 1.42. The standard InChI is InChI=1S/C10H14O4S/c1-3-5-7-9-13-15(11,12)14-10-8-6-4-2/h1-2H,5-10H2. The Morgan fingerprint density at radius 1 is 0.933 bits per heavy atom. The lowest BCUT2D eigenvalue weighted by atomic mass is 10.3. The van der Waals surface area contributed by atoms with Crippen LogP contribution in [-0.2, 0) is 18.8 Å².